The zero-order chi connectivity index (χ0) is 21.0. The number of urea groups is 1. The predicted molar refractivity (Wildman–Crippen MR) is 100 cm³/mol. The van der Waals surface area contributed by atoms with Gasteiger partial charge < -0.3 is 10.1 Å². The Hall–Kier alpha value is -3.30. The number of alkyl halides is 3. The van der Waals surface area contributed by atoms with Gasteiger partial charge in [-0.25, -0.2) is 4.79 Å². The van der Waals surface area contributed by atoms with Gasteiger partial charge in [-0.1, -0.05) is 17.7 Å². The van der Waals surface area contributed by atoms with Gasteiger partial charge in [-0.05, 0) is 42.5 Å². The van der Waals surface area contributed by atoms with Crippen LogP contribution < -0.4 is 15.1 Å². The van der Waals surface area contributed by atoms with Crippen molar-refractivity contribution in [2.75, 3.05) is 10.4 Å². The van der Waals surface area contributed by atoms with Crippen LogP contribution in [0, 0.1) is 0 Å². The lowest BCUT2D eigenvalue weighted by Crippen LogP contribution is -2.31. The van der Waals surface area contributed by atoms with E-state index in [1.165, 1.54) is 30.5 Å². The number of ether oxygens (including phenoxy) is 1. The number of hydroxylamine groups is 1. The second-order valence-electron chi connectivity index (χ2n) is 5.72. The molecule has 1 heterocycles. The molecule has 0 aliphatic heterocycles. The minimum atomic E-state index is -4.69. The van der Waals surface area contributed by atoms with Crippen molar-refractivity contribution in [3.05, 3.63) is 77.6 Å². The molecule has 2 amide bonds. The summed E-state index contributed by atoms with van der Waals surface area (Å²) < 4.78 is 44.4. The van der Waals surface area contributed by atoms with E-state index in [0.29, 0.717) is 17.6 Å². The molecule has 6 nitrogen and oxygen atoms in total. The molecule has 1 aromatic heterocycles. The maximum absolute atomic E-state index is 12.9. The number of nitrogens with zero attached hydrogens (tertiary/aromatic N) is 2. The summed E-state index contributed by atoms with van der Waals surface area (Å²) in [5, 5.41) is 12.1. The summed E-state index contributed by atoms with van der Waals surface area (Å²) in [5.41, 5.74) is -1.25. The molecule has 0 aliphatic rings. The molecule has 2 aromatic carbocycles. The van der Waals surface area contributed by atoms with Crippen molar-refractivity contribution in [1.29, 1.82) is 0 Å². The molecule has 3 aromatic rings. The quantitative estimate of drug-likeness (QED) is 0.400. The minimum absolute atomic E-state index is 0.0360. The van der Waals surface area contributed by atoms with Gasteiger partial charge in [0.15, 0.2) is 0 Å². The SMILES string of the molecule is O=C(Nc1ccc(Cl)c(C(F)(F)F)c1)N(O)c1cccc(Oc2cccnc2)c1. The van der Waals surface area contributed by atoms with Crippen LogP contribution in [0.3, 0.4) is 0 Å². The molecule has 10 heteroatoms. The van der Waals surface area contributed by atoms with E-state index < -0.39 is 22.8 Å². The van der Waals surface area contributed by atoms with E-state index in [0.717, 1.165) is 6.07 Å². The summed E-state index contributed by atoms with van der Waals surface area (Å²) in [6.45, 7) is 0. The molecule has 0 unspecified atom stereocenters. The van der Waals surface area contributed by atoms with Gasteiger partial charge in [-0.2, -0.15) is 18.2 Å². The average molecular weight is 424 g/mol. The predicted octanol–water partition coefficient (Wildman–Crippen LogP) is 5.97. The number of rotatable bonds is 4. The smallest absolute Gasteiger partial charge is 0.417 e. The van der Waals surface area contributed by atoms with Gasteiger partial charge in [0.1, 0.15) is 11.5 Å². The normalized spacial score (nSPS) is 11.1. The fraction of sp³-hybridized carbons (Fsp3) is 0.0526. The maximum Gasteiger partial charge on any atom is 0.417 e. The molecule has 0 bridgehead atoms. The van der Waals surface area contributed by atoms with Gasteiger partial charge in [-0.3, -0.25) is 10.2 Å². The van der Waals surface area contributed by atoms with Crippen molar-refractivity contribution in [3.8, 4) is 11.5 Å². The van der Waals surface area contributed by atoms with Gasteiger partial charge in [-0.15, -0.1) is 0 Å². The third-order valence-electron chi connectivity index (χ3n) is 3.65. The molecule has 0 spiro atoms. The molecule has 29 heavy (non-hydrogen) atoms. The third kappa shape index (κ3) is 5.15. The zero-order valence-electron chi connectivity index (χ0n) is 14.5. The first-order chi connectivity index (χ1) is 13.7. The van der Waals surface area contributed by atoms with E-state index in [-0.39, 0.29) is 16.4 Å². The highest BCUT2D eigenvalue weighted by atomic mass is 35.5. The standard InChI is InChI=1S/C19H13ClF3N3O3/c20-17-7-6-12(9-16(17)19(21,22)23)25-18(27)26(28)13-3-1-4-14(10-13)29-15-5-2-8-24-11-15/h1-11,28H,(H,25,27). The van der Waals surface area contributed by atoms with E-state index in [1.807, 2.05) is 0 Å². The Labute approximate surface area is 168 Å². The number of nitrogens with one attached hydrogen (secondary N) is 1. The number of carbonyl (C=O) groups excluding carboxylic acids is 1. The number of pyridine rings is 1. The van der Waals surface area contributed by atoms with Crippen molar-refractivity contribution in [2.24, 2.45) is 0 Å². The lowest BCUT2D eigenvalue weighted by atomic mass is 10.2. The Bertz CT molecular complexity index is 1020. The van der Waals surface area contributed by atoms with Crippen LogP contribution in [0.25, 0.3) is 0 Å². The second-order valence-corrected chi connectivity index (χ2v) is 6.13. The number of halogens is 4. The fourth-order valence-electron chi connectivity index (χ4n) is 2.34. The second kappa shape index (κ2) is 8.38. The van der Waals surface area contributed by atoms with Crippen LogP contribution in [0.15, 0.2) is 67.0 Å². The fourth-order valence-corrected chi connectivity index (χ4v) is 2.56. The van der Waals surface area contributed by atoms with Crippen molar-refractivity contribution in [3.63, 3.8) is 0 Å². The Morgan fingerprint density at radius 3 is 2.55 bits per heavy atom. The number of anilines is 2. The topological polar surface area (TPSA) is 74.7 Å². The van der Waals surface area contributed by atoms with Gasteiger partial charge in [0.05, 0.1) is 22.5 Å². The summed E-state index contributed by atoms with van der Waals surface area (Å²) in [6.07, 6.45) is -1.63. The molecular weight excluding hydrogens is 411 g/mol. The van der Waals surface area contributed by atoms with E-state index in [1.54, 1.807) is 24.4 Å². The van der Waals surface area contributed by atoms with Crippen LogP contribution in [0.1, 0.15) is 5.56 Å². The highest BCUT2D eigenvalue weighted by molar-refractivity contribution is 6.31. The Kier molecular flexibility index (Phi) is 5.90. The summed E-state index contributed by atoms with van der Waals surface area (Å²) >= 11 is 5.55. The minimum Gasteiger partial charge on any atom is -0.456 e. The molecule has 2 N–H and O–H groups in total. The van der Waals surface area contributed by atoms with Crippen molar-refractivity contribution in [1.82, 2.24) is 4.98 Å². The van der Waals surface area contributed by atoms with Crippen LogP contribution >= 0.6 is 11.6 Å². The molecule has 0 aliphatic carbocycles. The molecule has 0 radical (unpaired) electrons. The number of amides is 2. The average Bonchev–Trinajstić information content (AvgIpc) is 2.69. The first-order valence-electron chi connectivity index (χ1n) is 8.09. The number of hydrogen-bond acceptors (Lipinski definition) is 4. The highest BCUT2D eigenvalue weighted by Gasteiger charge is 2.33. The van der Waals surface area contributed by atoms with E-state index in [2.05, 4.69) is 10.3 Å². The van der Waals surface area contributed by atoms with Crippen molar-refractivity contribution in [2.45, 2.75) is 6.18 Å². The first-order valence-corrected chi connectivity index (χ1v) is 8.46. The lowest BCUT2D eigenvalue weighted by molar-refractivity contribution is -0.137. The zero-order valence-corrected chi connectivity index (χ0v) is 15.3. The molecule has 3 rings (SSSR count). The van der Waals surface area contributed by atoms with Crippen LogP contribution in [-0.2, 0) is 6.18 Å². The van der Waals surface area contributed by atoms with Gasteiger partial charge in [0, 0.05) is 18.0 Å². The molecular formula is C19H13ClF3N3O3. The lowest BCUT2D eigenvalue weighted by Gasteiger charge is -2.17. The van der Waals surface area contributed by atoms with Crippen molar-refractivity contribution >= 4 is 29.0 Å². The summed E-state index contributed by atoms with van der Waals surface area (Å²) in [6, 6.07) is 11.0. The molecule has 0 saturated carbocycles. The van der Waals surface area contributed by atoms with Crippen LogP contribution in [0.2, 0.25) is 5.02 Å². The number of aromatic nitrogens is 1. The molecule has 0 fully saturated rings. The van der Waals surface area contributed by atoms with Gasteiger partial charge >= 0.3 is 12.2 Å². The largest absolute Gasteiger partial charge is 0.456 e. The monoisotopic (exact) mass is 423 g/mol. The Morgan fingerprint density at radius 2 is 1.86 bits per heavy atom. The summed E-state index contributed by atoms with van der Waals surface area (Å²) in [7, 11) is 0. The number of carbonyl (C=O) groups is 1. The van der Waals surface area contributed by atoms with E-state index >= 15 is 0 Å². The van der Waals surface area contributed by atoms with E-state index in [4.69, 9.17) is 16.3 Å². The first kappa shape index (κ1) is 20.4. The highest BCUT2D eigenvalue weighted by Crippen LogP contribution is 2.36. The Balaban J connectivity index is 1.75. The number of hydrogen-bond donors (Lipinski definition) is 2. The van der Waals surface area contributed by atoms with Gasteiger partial charge in [0.25, 0.3) is 0 Å². The third-order valence-corrected chi connectivity index (χ3v) is 3.98. The van der Waals surface area contributed by atoms with Crippen LogP contribution in [0.5, 0.6) is 11.5 Å². The summed E-state index contributed by atoms with van der Waals surface area (Å²) in [4.78, 5) is 16.1. The van der Waals surface area contributed by atoms with Crippen molar-refractivity contribution < 1.29 is 27.9 Å². The van der Waals surface area contributed by atoms with Crippen LogP contribution in [-0.4, -0.2) is 16.2 Å². The Morgan fingerprint density at radius 1 is 1.10 bits per heavy atom. The maximum atomic E-state index is 12.9. The molecule has 0 saturated heterocycles. The van der Waals surface area contributed by atoms with Crippen LogP contribution in [0.4, 0.5) is 29.3 Å². The van der Waals surface area contributed by atoms with E-state index in [9.17, 15) is 23.2 Å². The number of benzene rings is 2. The molecule has 0 atom stereocenters. The molecule has 150 valence electrons. The van der Waals surface area contributed by atoms with Gasteiger partial charge in [0.2, 0.25) is 0 Å². The summed E-state index contributed by atoms with van der Waals surface area (Å²) in [5.74, 6) is 0.757.